The van der Waals surface area contributed by atoms with E-state index in [0.29, 0.717) is 15.8 Å². The summed E-state index contributed by atoms with van der Waals surface area (Å²) in [5.74, 6) is 1.38. The summed E-state index contributed by atoms with van der Waals surface area (Å²) in [5.41, 5.74) is 1.59. The number of amides is 1. The molecular formula is C21H21NO3S2. The quantitative estimate of drug-likeness (QED) is 0.488. The van der Waals surface area contributed by atoms with Gasteiger partial charge in [-0.15, -0.1) is 0 Å². The van der Waals surface area contributed by atoms with Crippen LogP contribution in [-0.2, 0) is 4.79 Å². The lowest BCUT2D eigenvalue weighted by Crippen LogP contribution is -2.27. The first kappa shape index (κ1) is 19.5. The molecule has 0 aromatic heterocycles. The van der Waals surface area contributed by atoms with Crippen molar-refractivity contribution in [1.29, 1.82) is 0 Å². The van der Waals surface area contributed by atoms with E-state index in [-0.39, 0.29) is 12.0 Å². The molecule has 6 heteroatoms. The predicted molar refractivity (Wildman–Crippen MR) is 115 cm³/mol. The van der Waals surface area contributed by atoms with Gasteiger partial charge in [0.25, 0.3) is 5.91 Å². The minimum absolute atomic E-state index is 0.0536. The standard InChI is InChI=1S/C21H21NO3S2/c1-4-24-17-11-9-16(10-12-17)22-20(23)19(27-21(22)26)13-15-7-5-6-8-18(15)25-14(2)3/h5-14H,4H2,1-3H3/b19-13-. The number of benzene rings is 2. The lowest BCUT2D eigenvalue weighted by molar-refractivity contribution is -0.113. The van der Waals surface area contributed by atoms with Crippen LogP contribution in [-0.4, -0.2) is 22.9 Å². The highest BCUT2D eigenvalue weighted by molar-refractivity contribution is 8.27. The molecule has 1 aliphatic rings. The first-order valence-corrected chi connectivity index (χ1v) is 9.98. The third-order valence-corrected chi connectivity index (χ3v) is 5.07. The molecule has 140 valence electrons. The molecule has 0 spiro atoms. The lowest BCUT2D eigenvalue weighted by Gasteiger charge is -2.15. The first-order valence-electron chi connectivity index (χ1n) is 8.76. The van der Waals surface area contributed by atoms with Crippen molar-refractivity contribution in [3.8, 4) is 11.5 Å². The van der Waals surface area contributed by atoms with Gasteiger partial charge in [0.05, 0.1) is 23.3 Å². The highest BCUT2D eigenvalue weighted by Crippen LogP contribution is 2.37. The minimum Gasteiger partial charge on any atom is -0.494 e. The highest BCUT2D eigenvalue weighted by Gasteiger charge is 2.33. The zero-order valence-electron chi connectivity index (χ0n) is 15.5. The number of anilines is 1. The van der Waals surface area contributed by atoms with E-state index in [9.17, 15) is 4.79 Å². The summed E-state index contributed by atoms with van der Waals surface area (Å²) in [7, 11) is 0. The summed E-state index contributed by atoms with van der Waals surface area (Å²) in [6.45, 7) is 6.48. The smallest absolute Gasteiger partial charge is 0.270 e. The maximum atomic E-state index is 12.9. The van der Waals surface area contributed by atoms with Gasteiger partial charge in [-0.2, -0.15) is 0 Å². The van der Waals surface area contributed by atoms with Gasteiger partial charge < -0.3 is 9.47 Å². The van der Waals surface area contributed by atoms with Gasteiger partial charge in [-0.1, -0.05) is 42.2 Å². The summed E-state index contributed by atoms with van der Waals surface area (Å²) >= 11 is 6.74. The number of hydrogen-bond acceptors (Lipinski definition) is 5. The Morgan fingerprint density at radius 1 is 1.15 bits per heavy atom. The van der Waals surface area contributed by atoms with Crippen LogP contribution in [0.4, 0.5) is 5.69 Å². The topological polar surface area (TPSA) is 38.8 Å². The Bertz CT molecular complexity index is 875. The van der Waals surface area contributed by atoms with E-state index in [1.165, 1.54) is 11.8 Å². The summed E-state index contributed by atoms with van der Waals surface area (Å²) in [6, 6.07) is 15.0. The van der Waals surface area contributed by atoms with Crippen LogP contribution in [0.1, 0.15) is 26.3 Å². The van der Waals surface area contributed by atoms with Gasteiger partial charge in [-0.25, -0.2) is 0 Å². The maximum Gasteiger partial charge on any atom is 0.270 e. The molecule has 0 N–H and O–H groups in total. The molecule has 27 heavy (non-hydrogen) atoms. The Balaban J connectivity index is 1.87. The molecule has 1 amide bonds. The molecule has 1 saturated heterocycles. The number of ether oxygens (including phenoxy) is 2. The number of thiocarbonyl (C=S) groups is 1. The second-order valence-corrected chi connectivity index (χ2v) is 7.82. The molecule has 0 atom stereocenters. The Morgan fingerprint density at radius 3 is 2.52 bits per heavy atom. The number of carbonyl (C=O) groups excluding carboxylic acids is 1. The molecular weight excluding hydrogens is 378 g/mol. The van der Waals surface area contributed by atoms with Crippen LogP contribution in [0.25, 0.3) is 6.08 Å². The second-order valence-electron chi connectivity index (χ2n) is 6.15. The van der Waals surface area contributed by atoms with E-state index in [1.807, 2.05) is 75.4 Å². The predicted octanol–water partition coefficient (Wildman–Crippen LogP) is 5.28. The summed E-state index contributed by atoms with van der Waals surface area (Å²) in [6.07, 6.45) is 1.89. The minimum atomic E-state index is -0.131. The number of nitrogens with zero attached hydrogens (tertiary/aromatic N) is 1. The van der Waals surface area contributed by atoms with Gasteiger partial charge in [0, 0.05) is 5.56 Å². The number of hydrogen-bond donors (Lipinski definition) is 0. The van der Waals surface area contributed by atoms with Crippen LogP contribution in [0, 0.1) is 0 Å². The molecule has 0 radical (unpaired) electrons. The summed E-state index contributed by atoms with van der Waals surface area (Å²) in [4.78, 5) is 15.1. The largest absolute Gasteiger partial charge is 0.494 e. The Morgan fingerprint density at radius 2 is 1.85 bits per heavy atom. The van der Waals surface area contributed by atoms with Gasteiger partial charge >= 0.3 is 0 Å². The van der Waals surface area contributed by atoms with Crippen LogP contribution < -0.4 is 14.4 Å². The molecule has 2 aromatic carbocycles. The van der Waals surface area contributed by atoms with Crippen LogP contribution in [0.5, 0.6) is 11.5 Å². The average Bonchev–Trinajstić information content (AvgIpc) is 2.91. The van der Waals surface area contributed by atoms with E-state index in [0.717, 1.165) is 22.7 Å². The third kappa shape index (κ3) is 4.51. The van der Waals surface area contributed by atoms with E-state index in [4.69, 9.17) is 21.7 Å². The zero-order chi connectivity index (χ0) is 19.4. The fourth-order valence-electron chi connectivity index (χ4n) is 2.65. The van der Waals surface area contributed by atoms with Crippen LogP contribution >= 0.6 is 24.0 Å². The monoisotopic (exact) mass is 399 g/mol. The SMILES string of the molecule is CCOc1ccc(N2C(=O)/C(=C/c3ccccc3OC(C)C)SC2=S)cc1. The van der Waals surface area contributed by atoms with Crippen molar-refractivity contribution in [1.82, 2.24) is 0 Å². The zero-order valence-corrected chi connectivity index (χ0v) is 17.1. The number of rotatable bonds is 6. The van der Waals surface area contributed by atoms with E-state index < -0.39 is 0 Å². The first-order chi connectivity index (χ1) is 13.0. The Kier molecular flexibility index (Phi) is 6.19. The van der Waals surface area contributed by atoms with Crippen molar-refractivity contribution in [2.24, 2.45) is 0 Å². The molecule has 3 rings (SSSR count). The Labute approximate surface area is 169 Å². The number of carbonyl (C=O) groups is 1. The molecule has 0 saturated carbocycles. The second kappa shape index (κ2) is 8.59. The van der Waals surface area contributed by atoms with Gasteiger partial charge in [0.2, 0.25) is 0 Å². The fourth-order valence-corrected chi connectivity index (χ4v) is 3.94. The average molecular weight is 400 g/mol. The number of thioether (sulfide) groups is 1. The van der Waals surface area contributed by atoms with Crippen molar-refractivity contribution in [3.63, 3.8) is 0 Å². The molecule has 1 fully saturated rings. The number of para-hydroxylation sites is 1. The van der Waals surface area contributed by atoms with Crippen molar-refractivity contribution < 1.29 is 14.3 Å². The highest BCUT2D eigenvalue weighted by atomic mass is 32.2. The molecule has 0 unspecified atom stereocenters. The van der Waals surface area contributed by atoms with Crippen LogP contribution in [0.15, 0.2) is 53.4 Å². The molecule has 1 aliphatic heterocycles. The lowest BCUT2D eigenvalue weighted by atomic mass is 10.1. The van der Waals surface area contributed by atoms with Crippen molar-refractivity contribution in [2.75, 3.05) is 11.5 Å². The maximum absolute atomic E-state index is 12.9. The third-order valence-electron chi connectivity index (χ3n) is 3.77. The van der Waals surface area contributed by atoms with Gasteiger partial charge in [0.15, 0.2) is 4.32 Å². The Hall–Kier alpha value is -2.31. The van der Waals surface area contributed by atoms with Gasteiger partial charge in [0.1, 0.15) is 11.5 Å². The van der Waals surface area contributed by atoms with Crippen molar-refractivity contribution in [3.05, 3.63) is 59.0 Å². The van der Waals surface area contributed by atoms with Gasteiger partial charge in [-0.05, 0) is 57.2 Å². The van der Waals surface area contributed by atoms with Crippen molar-refractivity contribution in [2.45, 2.75) is 26.9 Å². The fraction of sp³-hybridized carbons (Fsp3) is 0.238. The van der Waals surface area contributed by atoms with Crippen LogP contribution in [0.2, 0.25) is 0 Å². The van der Waals surface area contributed by atoms with E-state index in [1.54, 1.807) is 4.90 Å². The molecule has 4 nitrogen and oxygen atoms in total. The normalized spacial score (nSPS) is 15.7. The molecule has 2 aromatic rings. The van der Waals surface area contributed by atoms with Crippen molar-refractivity contribution >= 4 is 46.0 Å². The molecule has 1 heterocycles. The summed E-state index contributed by atoms with van der Waals surface area (Å²) in [5, 5.41) is 0. The molecule has 0 aliphatic carbocycles. The summed E-state index contributed by atoms with van der Waals surface area (Å²) < 4.78 is 11.8. The van der Waals surface area contributed by atoms with E-state index in [2.05, 4.69) is 0 Å². The molecule has 0 bridgehead atoms. The van der Waals surface area contributed by atoms with Gasteiger partial charge in [-0.3, -0.25) is 9.69 Å². The van der Waals surface area contributed by atoms with Crippen LogP contribution in [0.3, 0.4) is 0 Å². The van der Waals surface area contributed by atoms with E-state index >= 15 is 0 Å².